The summed E-state index contributed by atoms with van der Waals surface area (Å²) in [7, 11) is 2.09. The van der Waals surface area contributed by atoms with E-state index in [0.29, 0.717) is 13.2 Å². The van der Waals surface area contributed by atoms with Crippen LogP contribution in [0.1, 0.15) is 19.3 Å². The maximum Gasteiger partial charge on any atom is 0.315 e. The zero-order valence-electron chi connectivity index (χ0n) is 11.1. The molecule has 0 aliphatic carbocycles. The summed E-state index contributed by atoms with van der Waals surface area (Å²) in [4.78, 5) is 14.2. The molecule has 0 aromatic carbocycles. The van der Waals surface area contributed by atoms with Gasteiger partial charge in [-0.25, -0.2) is 4.79 Å². The summed E-state index contributed by atoms with van der Waals surface area (Å²) < 4.78 is 5.24. The molecule has 1 atom stereocenters. The number of carbonyl (C=O) groups excluding carboxylic acids is 1. The second-order valence-electron chi connectivity index (χ2n) is 5.45. The number of carbonyl (C=O) groups is 1. The summed E-state index contributed by atoms with van der Waals surface area (Å²) in [5.74, 6) is 0. The molecule has 0 radical (unpaired) electrons. The van der Waals surface area contributed by atoms with Gasteiger partial charge < -0.3 is 26.0 Å². The van der Waals surface area contributed by atoms with Crippen LogP contribution >= 0.6 is 0 Å². The van der Waals surface area contributed by atoms with Crippen molar-refractivity contribution in [2.45, 2.75) is 30.8 Å². The quantitative estimate of drug-likeness (QED) is 0.636. The molecular formula is C12H24N4O2. The summed E-state index contributed by atoms with van der Waals surface area (Å²) in [5, 5.41) is 6.02. The maximum atomic E-state index is 12.0. The first-order valence-corrected chi connectivity index (χ1v) is 6.69. The number of hydrogen-bond donors (Lipinski definition) is 3. The van der Waals surface area contributed by atoms with Gasteiger partial charge in [-0.2, -0.15) is 0 Å². The Hall–Kier alpha value is -0.850. The third-order valence-electron chi connectivity index (χ3n) is 3.98. The van der Waals surface area contributed by atoms with Crippen LogP contribution in [-0.2, 0) is 4.74 Å². The standard InChI is InChI=1S/C12H24N4O2/c1-16-5-3-12(9-13,4-6-16)15-11(17)14-10-2-7-18-8-10/h10H,2-9,13H2,1H3,(H2,14,15,17). The average Bonchev–Trinajstić information content (AvgIpc) is 2.85. The number of amides is 2. The van der Waals surface area contributed by atoms with Gasteiger partial charge in [0.25, 0.3) is 0 Å². The molecule has 2 heterocycles. The van der Waals surface area contributed by atoms with Crippen molar-refractivity contribution in [2.24, 2.45) is 5.73 Å². The van der Waals surface area contributed by atoms with Crippen molar-refractivity contribution in [1.82, 2.24) is 15.5 Å². The summed E-state index contributed by atoms with van der Waals surface area (Å²) in [6, 6.07) is 0.0339. The average molecular weight is 256 g/mol. The summed E-state index contributed by atoms with van der Waals surface area (Å²) >= 11 is 0. The first kappa shape index (κ1) is 13.6. The fourth-order valence-corrected chi connectivity index (χ4v) is 2.54. The SMILES string of the molecule is CN1CCC(CN)(NC(=O)NC2CCOC2)CC1. The molecule has 2 aliphatic rings. The normalized spacial score (nSPS) is 28.0. The number of nitrogens with one attached hydrogen (secondary N) is 2. The fourth-order valence-electron chi connectivity index (χ4n) is 2.54. The Balaban J connectivity index is 1.83. The van der Waals surface area contributed by atoms with Gasteiger partial charge in [-0.1, -0.05) is 0 Å². The molecule has 4 N–H and O–H groups in total. The fraction of sp³-hybridized carbons (Fsp3) is 0.917. The van der Waals surface area contributed by atoms with Crippen molar-refractivity contribution in [3.05, 3.63) is 0 Å². The van der Waals surface area contributed by atoms with Gasteiger partial charge in [0.15, 0.2) is 0 Å². The summed E-state index contributed by atoms with van der Waals surface area (Å²) in [6.07, 6.45) is 2.72. The summed E-state index contributed by atoms with van der Waals surface area (Å²) in [5.41, 5.74) is 5.61. The number of urea groups is 1. The van der Waals surface area contributed by atoms with E-state index in [4.69, 9.17) is 10.5 Å². The van der Waals surface area contributed by atoms with E-state index in [9.17, 15) is 4.79 Å². The summed E-state index contributed by atoms with van der Waals surface area (Å²) in [6.45, 7) is 3.80. The molecule has 0 spiro atoms. The van der Waals surface area contributed by atoms with Crippen LogP contribution in [0.3, 0.4) is 0 Å². The zero-order valence-corrected chi connectivity index (χ0v) is 11.1. The van der Waals surface area contributed by atoms with Gasteiger partial charge in [-0.3, -0.25) is 0 Å². The first-order valence-electron chi connectivity index (χ1n) is 6.69. The van der Waals surface area contributed by atoms with Crippen LogP contribution < -0.4 is 16.4 Å². The molecule has 2 rings (SSSR count). The van der Waals surface area contributed by atoms with E-state index in [1.165, 1.54) is 0 Å². The van der Waals surface area contributed by atoms with Crippen molar-refractivity contribution in [3.63, 3.8) is 0 Å². The number of piperidine rings is 1. The minimum absolute atomic E-state index is 0.111. The van der Waals surface area contributed by atoms with Crippen LogP contribution in [0.5, 0.6) is 0 Å². The minimum Gasteiger partial charge on any atom is -0.379 e. The monoisotopic (exact) mass is 256 g/mol. The van der Waals surface area contributed by atoms with E-state index in [0.717, 1.165) is 39.0 Å². The van der Waals surface area contributed by atoms with Gasteiger partial charge >= 0.3 is 6.03 Å². The molecular weight excluding hydrogens is 232 g/mol. The molecule has 0 aromatic rings. The Kier molecular flexibility index (Phi) is 4.42. The van der Waals surface area contributed by atoms with Gasteiger partial charge in [-0.05, 0) is 26.3 Å². The minimum atomic E-state index is -0.240. The molecule has 0 saturated carbocycles. The lowest BCUT2D eigenvalue weighted by Crippen LogP contribution is -2.61. The van der Waals surface area contributed by atoms with Crippen LogP contribution in [0, 0.1) is 0 Å². The predicted octanol–water partition coefficient (Wildman–Crippen LogP) is -0.502. The molecule has 6 nitrogen and oxygen atoms in total. The first-order chi connectivity index (χ1) is 8.63. The smallest absolute Gasteiger partial charge is 0.315 e. The van der Waals surface area contributed by atoms with E-state index >= 15 is 0 Å². The van der Waals surface area contributed by atoms with Crippen LogP contribution in [0.4, 0.5) is 4.79 Å². The molecule has 2 saturated heterocycles. The number of ether oxygens (including phenoxy) is 1. The lowest BCUT2D eigenvalue weighted by molar-refractivity contribution is 0.158. The number of nitrogens with zero attached hydrogens (tertiary/aromatic N) is 1. The van der Waals surface area contributed by atoms with Gasteiger partial charge in [0, 0.05) is 26.2 Å². The second-order valence-corrected chi connectivity index (χ2v) is 5.45. The number of rotatable bonds is 3. The van der Waals surface area contributed by atoms with Crippen molar-refractivity contribution < 1.29 is 9.53 Å². The van der Waals surface area contributed by atoms with E-state index in [2.05, 4.69) is 22.6 Å². The van der Waals surface area contributed by atoms with Crippen molar-refractivity contribution in [3.8, 4) is 0 Å². The number of nitrogens with two attached hydrogens (primary N) is 1. The highest BCUT2D eigenvalue weighted by Gasteiger charge is 2.34. The van der Waals surface area contributed by atoms with Gasteiger partial charge in [0.05, 0.1) is 18.2 Å². The Morgan fingerprint density at radius 1 is 1.50 bits per heavy atom. The van der Waals surface area contributed by atoms with E-state index in [1.54, 1.807) is 0 Å². The molecule has 0 aromatic heterocycles. The Morgan fingerprint density at radius 3 is 2.78 bits per heavy atom. The molecule has 1 unspecified atom stereocenters. The van der Waals surface area contributed by atoms with Crippen molar-refractivity contribution in [2.75, 3.05) is 39.9 Å². The molecule has 6 heteroatoms. The highest BCUT2D eigenvalue weighted by molar-refractivity contribution is 5.75. The molecule has 18 heavy (non-hydrogen) atoms. The molecule has 2 fully saturated rings. The lowest BCUT2D eigenvalue weighted by Gasteiger charge is -2.40. The number of likely N-dealkylation sites (tertiary alicyclic amines) is 1. The maximum absolute atomic E-state index is 12.0. The van der Waals surface area contributed by atoms with Gasteiger partial charge in [0.1, 0.15) is 0 Å². The largest absolute Gasteiger partial charge is 0.379 e. The van der Waals surface area contributed by atoms with Crippen LogP contribution in [0.15, 0.2) is 0 Å². The van der Waals surface area contributed by atoms with E-state index < -0.39 is 0 Å². The molecule has 2 aliphatic heterocycles. The highest BCUT2D eigenvalue weighted by Crippen LogP contribution is 2.20. The van der Waals surface area contributed by atoms with Crippen LogP contribution in [0.2, 0.25) is 0 Å². The van der Waals surface area contributed by atoms with Gasteiger partial charge in [0.2, 0.25) is 0 Å². The topological polar surface area (TPSA) is 79.6 Å². The Labute approximate surface area is 108 Å². The van der Waals surface area contributed by atoms with E-state index in [1.807, 2.05) is 0 Å². The number of hydrogen-bond acceptors (Lipinski definition) is 4. The van der Waals surface area contributed by atoms with Gasteiger partial charge in [-0.15, -0.1) is 0 Å². The van der Waals surface area contributed by atoms with E-state index in [-0.39, 0.29) is 17.6 Å². The third-order valence-corrected chi connectivity index (χ3v) is 3.98. The second kappa shape index (κ2) is 5.86. The highest BCUT2D eigenvalue weighted by atomic mass is 16.5. The van der Waals surface area contributed by atoms with Crippen LogP contribution in [-0.4, -0.2) is 62.4 Å². The lowest BCUT2D eigenvalue weighted by atomic mass is 9.88. The zero-order chi connectivity index (χ0) is 13.0. The molecule has 2 amide bonds. The van der Waals surface area contributed by atoms with Crippen LogP contribution in [0.25, 0.3) is 0 Å². The molecule has 0 bridgehead atoms. The van der Waals surface area contributed by atoms with Crippen molar-refractivity contribution in [1.29, 1.82) is 0 Å². The predicted molar refractivity (Wildman–Crippen MR) is 69.4 cm³/mol. The Morgan fingerprint density at radius 2 is 2.22 bits per heavy atom. The molecule has 104 valence electrons. The third kappa shape index (κ3) is 3.34. The van der Waals surface area contributed by atoms with Crippen molar-refractivity contribution >= 4 is 6.03 Å². The Bertz CT molecular complexity index is 284.